The average Bonchev–Trinajstić information content (AvgIpc) is 3.43. The number of benzene rings is 2. The van der Waals surface area contributed by atoms with Crippen LogP contribution in [0.1, 0.15) is 78.7 Å². The van der Waals surface area contributed by atoms with E-state index in [9.17, 15) is 16.8 Å². The van der Waals surface area contributed by atoms with Gasteiger partial charge in [0, 0.05) is 18.5 Å². The number of furan rings is 1. The molecule has 0 aliphatic carbocycles. The van der Waals surface area contributed by atoms with Crippen LogP contribution < -0.4 is 8.92 Å². The van der Waals surface area contributed by atoms with Gasteiger partial charge in [-0.3, -0.25) is 4.90 Å². The van der Waals surface area contributed by atoms with Crippen LogP contribution in [0.25, 0.3) is 0 Å². The maximum Gasteiger partial charge on any atom is 0.310 e. The van der Waals surface area contributed by atoms with Crippen LogP contribution in [0.5, 0.6) is 11.5 Å². The Morgan fingerprint density at radius 1 is 0.744 bits per heavy atom. The van der Waals surface area contributed by atoms with E-state index in [0.717, 1.165) is 23.3 Å². The highest BCUT2D eigenvalue weighted by Crippen LogP contribution is 2.34. The second kappa shape index (κ2) is 13.4. The molecule has 2 aromatic carbocycles. The van der Waals surface area contributed by atoms with Gasteiger partial charge in [0.15, 0.2) is 9.84 Å². The molecule has 0 unspecified atom stereocenters. The quantitative estimate of drug-likeness (QED) is 0.173. The second-order valence-electron chi connectivity index (χ2n) is 13.0. The summed E-state index contributed by atoms with van der Waals surface area (Å²) in [4.78, 5) is 1.76. The molecule has 0 saturated heterocycles. The lowest BCUT2D eigenvalue weighted by atomic mass is 9.78. The Kier molecular flexibility index (Phi) is 10.8. The van der Waals surface area contributed by atoms with Crippen LogP contribution in [-0.4, -0.2) is 56.7 Å². The van der Waals surface area contributed by atoms with Crippen molar-refractivity contribution < 1.29 is 30.2 Å². The minimum absolute atomic E-state index is 0.0863. The van der Waals surface area contributed by atoms with E-state index < -0.39 is 24.7 Å². The second-order valence-corrected chi connectivity index (χ2v) is 17.6. The molecular weight excluding hydrogens is 586 g/mol. The zero-order valence-corrected chi connectivity index (χ0v) is 28.3. The van der Waals surface area contributed by atoms with Crippen molar-refractivity contribution in [2.75, 3.05) is 24.6 Å². The zero-order chi connectivity index (χ0) is 32.1. The summed E-state index contributed by atoms with van der Waals surface area (Å²) < 4.78 is 67.2. The Morgan fingerprint density at radius 2 is 1.28 bits per heavy atom. The van der Waals surface area contributed by atoms with E-state index in [1.165, 1.54) is 6.26 Å². The van der Waals surface area contributed by atoms with Crippen molar-refractivity contribution in [2.45, 2.75) is 84.1 Å². The van der Waals surface area contributed by atoms with Crippen molar-refractivity contribution in [3.05, 3.63) is 83.8 Å². The third-order valence-electron chi connectivity index (χ3n) is 7.85. The largest absolute Gasteiger partial charge is 0.488 e. The van der Waals surface area contributed by atoms with Gasteiger partial charge >= 0.3 is 10.1 Å². The van der Waals surface area contributed by atoms with Crippen LogP contribution in [0.3, 0.4) is 0 Å². The van der Waals surface area contributed by atoms with E-state index in [1.54, 1.807) is 49.9 Å². The van der Waals surface area contributed by atoms with Crippen LogP contribution in [0.2, 0.25) is 0 Å². The SMILES string of the molecule is CCC(C)(C)Oc1ccc(C(C)(C)c2ccc(OS(=O)(=O)CCN(CCS(=O)(=O)C(C)(C)C)Cc3ccco3)cc2)cc1. The van der Waals surface area contributed by atoms with Crippen LogP contribution in [0.15, 0.2) is 71.3 Å². The topological polar surface area (TPSA) is 103 Å². The molecule has 10 heteroatoms. The van der Waals surface area contributed by atoms with Crippen molar-refractivity contribution in [1.29, 1.82) is 0 Å². The van der Waals surface area contributed by atoms with Crippen LogP contribution >= 0.6 is 0 Å². The molecule has 3 aromatic rings. The molecule has 0 aliphatic rings. The first kappa shape index (κ1) is 34.7. The first-order chi connectivity index (χ1) is 19.8. The summed E-state index contributed by atoms with van der Waals surface area (Å²) in [6, 6.07) is 18.6. The molecule has 0 bridgehead atoms. The third kappa shape index (κ3) is 9.84. The van der Waals surface area contributed by atoms with Gasteiger partial charge in [0.1, 0.15) is 22.9 Å². The summed E-state index contributed by atoms with van der Waals surface area (Å²) in [6.45, 7) is 16.0. The molecule has 0 aliphatic heterocycles. The maximum absolute atomic E-state index is 12.9. The van der Waals surface area contributed by atoms with Gasteiger partial charge in [0.05, 0.1) is 29.1 Å². The molecule has 238 valence electrons. The van der Waals surface area contributed by atoms with Gasteiger partial charge < -0.3 is 13.3 Å². The van der Waals surface area contributed by atoms with Crippen molar-refractivity contribution in [2.24, 2.45) is 0 Å². The molecule has 0 saturated carbocycles. The summed E-state index contributed by atoms with van der Waals surface area (Å²) in [6.07, 6.45) is 2.43. The molecule has 43 heavy (non-hydrogen) atoms. The average molecular weight is 634 g/mol. The Balaban J connectivity index is 1.65. The summed E-state index contributed by atoms with van der Waals surface area (Å²) in [5.74, 6) is 1.26. The van der Waals surface area contributed by atoms with Crippen molar-refractivity contribution in [1.82, 2.24) is 4.90 Å². The minimum atomic E-state index is -3.95. The summed E-state index contributed by atoms with van der Waals surface area (Å²) in [7, 11) is -7.33. The normalized spacial score (nSPS) is 13.3. The lowest BCUT2D eigenvalue weighted by Crippen LogP contribution is -2.38. The number of hydrogen-bond acceptors (Lipinski definition) is 8. The maximum atomic E-state index is 12.9. The lowest BCUT2D eigenvalue weighted by Gasteiger charge is -2.28. The number of rotatable bonds is 15. The third-order valence-corrected chi connectivity index (χ3v) is 11.6. The molecule has 0 fully saturated rings. The van der Waals surface area contributed by atoms with Crippen LogP contribution in [0, 0.1) is 0 Å². The summed E-state index contributed by atoms with van der Waals surface area (Å²) in [5, 5.41) is 0. The van der Waals surface area contributed by atoms with E-state index in [4.69, 9.17) is 13.3 Å². The Bertz CT molecular complexity index is 1520. The van der Waals surface area contributed by atoms with Crippen molar-refractivity contribution >= 4 is 20.0 Å². The van der Waals surface area contributed by atoms with E-state index in [0.29, 0.717) is 5.76 Å². The fourth-order valence-corrected chi connectivity index (χ4v) is 6.38. The van der Waals surface area contributed by atoms with Gasteiger partial charge in [0.25, 0.3) is 0 Å². The molecule has 1 aromatic heterocycles. The molecule has 0 radical (unpaired) electrons. The van der Waals surface area contributed by atoms with Crippen LogP contribution in [-0.2, 0) is 31.9 Å². The fourth-order valence-electron chi connectivity index (χ4n) is 4.30. The fraction of sp³-hybridized carbons (Fsp3) is 0.515. The number of ether oxygens (including phenoxy) is 1. The monoisotopic (exact) mass is 633 g/mol. The summed E-state index contributed by atoms with van der Waals surface area (Å²) in [5.41, 5.74) is 1.53. The van der Waals surface area contributed by atoms with Gasteiger partial charge in [-0.05, 0) is 88.6 Å². The van der Waals surface area contributed by atoms with Gasteiger partial charge in [-0.1, -0.05) is 45.0 Å². The molecule has 0 spiro atoms. The van der Waals surface area contributed by atoms with Gasteiger partial charge in [-0.25, -0.2) is 8.42 Å². The van der Waals surface area contributed by atoms with E-state index >= 15 is 0 Å². The first-order valence-electron chi connectivity index (χ1n) is 14.6. The molecule has 0 amide bonds. The molecular formula is C33H47NO7S2. The predicted octanol–water partition coefficient (Wildman–Crippen LogP) is 6.60. The Hall–Kier alpha value is -2.82. The molecule has 1 heterocycles. The predicted molar refractivity (Wildman–Crippen MR) is 172 cm³/mol. The van der Waals surface area contributed by atoms with Gasteiger partial charge in [-0.2, -0.15) is 8.42 Å². The van der Waals surface area contributed by atoms with E-state index in [1.807, 2.05) is 24.3 Å². The minimum Gasteiger partial charge on any atom is -0.488 e. The van der Waals surface area contributed by atoms with Crippen molar-refractivity contribution in [3.63, 3.8) is 0 Å². The smallest absolute Gasteiger partial charge is 0.310 e. The molecule has 0 N–H and O–H groups in total. The highest BCUT2D eigenvalue weighted by atomic mass is 32.2. The number of nitrogens with zero attached hydrogens (tertiary/aromatic N) is 1. The van der Waals surface area contributed by atoms with E-state index in [2.05, 4.69) is 46.8 Å². The molecule has 8 nitrogen and oxygen atoms in total. The summed E-state index contributed by atoms with van der Waals surface area (Å²) >= 11 is 0. The first-order valence-corrected chi connectivity index (χ1v) is 17.9. The van der Waals surface area contributed by atoms with Gasteiger partial charge in [0.2, 0.25) is 0 Å². The zero-order valence-electron chi connectivity index (χ0n) is 26.7. The highest BCUT2D eigenvalue weighted by Gasteiger charge is 2.30. The van der Waals surface area contributed by atoms with Crippen LogP contribution in [0.4, 0.5) is 0 Å². The molecule has 0 atom stereocenters. The standard InChI is InChI=1S/C33H47NO7S2/c1-9-32(5,6)40-28-16-12-26(13-17-28)33(7,8)27-14-18-29(19-15-27)41-43(37,38)24-21-34(25-30-11-10-22-39-30)20-23-42(35,36)31(2,3)4/h10-19,22H,9,20-21,23-25H2,1-8H3. The molecule has 3 rings (SSSR count). The number of sulfone groups is 1. The van der Waals surface area contributed by atoms with E-state index in [-0.39, 0.29) is 47.9 Å². The van der Waals surface area contributed by atoms with Crippen molar-refractivity contribution in [3.8, 4) is 11.5 Å². The Morgan fingerprint density at radius 3 is 1.77 bits per heavy atom. The highest BCUT2D eigenvalue weighted by molar-refractivity contribution is 7.92. The number of hydrogen-bond donors (Lipinski definition) is 0. The lowest BCUT2D eigenvalue weighted by molar-refractivity contribution is 0.105. The Labute approximate surface area is 258 Å². The van der Waals surface area contributed by atoms with Gasteiger partial charge in [-0.15, -0.1) is 0 Å².